The molecule has 0 amide bonds. The van der Waals surface area contributed by atoms with Gasteiger partial charge in [0, 0.05) is 6.61 Å². The normalized spacial score (nSPS) is 12.5. The molecule has 0 aromatic heterocycles. The van der Waals surface area contributed by atoms with Crippen molar-refractivity contribution in [1.82, 2.24) is 5.32 Å². The predicted octanol–water partition coefficient (Wildman–Crippen LogP) is 2.30. The Balaban J connectivity index is 2.83. The van der Waals surface area contributed by atoms with Crippen LogP contribution in [0.25, 0.3) is 0 Å². The predicted molar refractivity (Wildman–Crippen MR) is 66.0 cm³/mol. The Morgan fingerprint density at radius 2 is 2.12 bits per heavy atom. The standard InChI is InChI=1S/C13H21NO2/c1-5-16-9-12(14-3)11-7-6-10(2)13(8-11)15-4/h6-8,12,14H,5,9H2,1-4H3. The van der Waals surface area contributed by atoms with Crippen LogP contribution in [0.15, 0.2) is 18.2 Å². The van der Waals surface area contributed by atoms with Crippen LogP contribution < -0.4 is 10.1 Å². The molecule has 1 N–H and O–H groups in total. The lowest BCUT2D eigenvalue weighted by Gasteiger charge is -2.17. The topological polar surface area (TPSA) is 30.5 Å². The highest BCUT2D eigenvalue weighted by atomic mass is 16.5. The maximum atomic E-state index is 5.44. The van der Waals surface area contributed by atoms with E-state index in [1.165, 1.54) is 5.56 Å². The van der Waals surface area contributed by atoms with Gasteiger partial charge in [0.15, 0.2) is 0 Å². The number of nitrogens with one attached hydrogen (secondary N) is 1. The molecule has 0 aliphatic rings. The van der Waals surface area contributed by atoms with E-state index in [0.717, 1.165) is 17.9 Å². The van der Waals surface area contributed by atoms with E-state index in [1.54, 1.807) is 7.11 Å². The molecule has 0 heterocycles. The summed E-state index contributed by atoms with van der Waals surface area (Å²) in [5.74, 6) is 0.925. The van der Waals surface area contributed by atoms with Gasteiger partial charge in [0.1, 0.15) is 5.75 Å². The third kappa shape index (κ3) is 3.22. The van der Waals surface area contributed by atoms with Gasteiger partial charge in [0.05, 0.1) is 19.8 Å². The van der Waals surface area contributed by atoms with Gasteiger partial charge in [0.25, 0.3) is 0 Å². The summed E-state index contributed by atoms with van der Waals surface area (Å²) in [6.07, 6.45) is 0. The Morgan fingerprint density at radius 1 is 1.38 bits per heavy atom. The Morgan fingerprint density at radius 3 is 2.69 bits per heavy atom. The number of hydrogen-bond donors (Lipinski definition) is 1. The summed E-state index contributed by atoms with van der Waals surface area (Å²) in [5.41, 5.74) is 2.34. The van der Waals surface area contributed by atoms with E-state index in [9.17, 15) is 0 Å². The van der Waals surface area contributed by atoms with E-state index < -0.39 is 0 Å². The van der Waals surface area contributed by atoms with Gasteiger partial charge in [-0.1, -0.05) is 12.1 Å². The molecule has 0 spiro atoms. The summed E-state index contributed by atoms with van der Waals surface area (Å²) >= 11 is 0. The average Bonchev–Trinajstić information content (AvgIpc) is 2.32. The first-order chi connectivity index (χ1) is 7.72. The first-order valence-corrected chi connectivity index (χ1v) is 5.62. The molecule has 1 atom stereocenters. The zero-order valence-corrected chi connectivity index (χ0v) is 10.5. The molecule has 0 aliphatic carbocycles. The van der Waals surface area contributed by atoms with Crippen molar-refractivity contribution in [2.24, 2.45) is 0 Å². The van der Waals surface area contributed by atoms with Gasteiger partial charge in [-0.05, 0) is 38.1 Å². The molecule has 0 fully saturated rings. The van der Waals surface area contributed by atoms with E-state index in [2.05, 4.69) is 23.5 Å². The van der Waals surface area contributed by atoms with Crippen molar-refractivity contribution in [2.45, 2.75) is 19.9 Å². The number of likely N-dealkylation sites (N-methyl/N-ethyl adjacent to an activating group) is 1. The van der Waals surface area contributed by atoms with Crippen LogP contribution in [0.2, 0.25) is 0 Å². The molecule has 0 bridgehead atoms. The van der Waals surface area contributed by atoms with Crippen molar-refractivity contribution in [2.75, 3.05) is 27.4 Å². The monoisotopic (exact) mass is 223 g/mol. The van der Waals surface area contributed by atoms with Gasteiger partial charge < -0.3 is 14.8 Å². The van der Waals surface area contributed by atoms with Crippen LogP contribution in [-0.2, 0) is 4.74 Å². The molecule has 1 unspecified atom stereocenters. The summed E-state index contributed by atoms with van der Waals surface area (Å²) in [6, 6.07) is 6.47. The first kappa shape index (κ1) is 13.0. The lowest BCUT2D eigenvalue weighted by Crippen LogP contribution is -2.21. The van der Waals surface area contributed by atoms with Crippen molar-refractivity contribution in [3.05, 3.63) is 29.3 Å². The molecule has 90 valence electrons. The summed E-state index contributed by atoms with van der Waals surface area (Å²) in [6.45, 7) is 5.46. The Kier molecular flexibility index (Phi) is 5.29. The van der Waals surface area contributed by atoms with Crippen LogP contribution in [0.3, 0.4) is 0 Å². The minimum atomic E-state index is 0.217. The van der Waals surface area contributed by atoms with Crippen molar-refractivity contribution in [3.8, 4) is 5.75 Å². The number of benzene rings is 1. The molecule has 3 nitrogen and oxygen atoms in total. The molecule has 0 saturated heterocycles. The highest BCUT2D eigenvalue weighted by molar-refractivity contribution is 5.37. The van der Waals surface area contributed by atoms with Gasteiger partial charge in [-0.15, -0.1) is 0 Å². The van der Waals surface area contributed by atoms with Gasteiger partial charge in [-0.3, -0.25) is 0 Å². The van der Waals surface area contributed by atoms with E-state index in [1.807, 2.05) is 20.9 Å². The molecule has 0 radical (unpaired) electrons. The average molecular weight is 223 g/mol. The Hall–Kier alpha value is -1.06. The zero-order chi connectivity index (χ0) is 12.0. The molecular formula is C13H21NO2. The maximum absolute atomic E-state index is 5.44. The summed E-state index contributed by atoms with van der Waals surface area (Å²) in [4.78, 5) is 0. The minimum Gasteiger partial charge on any atom is -0.496 e. The molecule has 0 saturated carbocycles. The second kappa shape index (κ2) is 6.51. The van der Waals surface area contributed by atoms with E-state index in [0.29, 0.717) is 6.61 Å². The van der Waals surface area contributed by atoms with Gasteiger partial charge >= 0.3 is 0 Å². The molecule has 1 aromatic carbocycles. The van der Waals surface area contributed by atoms with Crippen molar-refractivity contribution < 1.29 is 9.47 Å². The van der Waals surface area contributed by atoms with Crippen LogP contribution in [0, 0.1) is 6.92 Å². The summed E-state index contributed by atoms with van der Waals surface area (Å²) in [7, 11) is 3.64. The van der Waals surface area contributed by atoms with Crippen molar-refractivity contribution >= 4 is 0 Å². The minimum absolute atomic E-state index is 0.217. The largest absolute Gasteiger partial charge is 0.496 e. The summed E-state index contributed by atoms with van der Waals surface area (Å²) in [5, 5.41) is 3.24. The molecule has 3 heteroatoms. The Labute approximate surface area is 97.8 Å². The van der Waals surface area contributed by atoms with E-state index >= 15 is 0 Å². The first-order valence-electron chi connectivity index (χ1n) is 5.62. The van der Waals surface area contributed by atoms with Gasteiger partial charge in [0.2, 0.25) is 0 Å². The highest BCUT2D eigenvalue weighted by Crippen LogP contribution is 2.23. The molecule has 1 rings (SSSR count). The summed E-state index contributed by atoms with van der Waals surface area (Å²) < 4.78 is 10.8. The lowest BCUT2D eigenvalue weighted by atomic mass is 10.1. The zero-order valence-electron chi connectivity index (χ0n) is 10.5. The number of rotatable bonds is 6. The maximum Gasteiger partial charge on any atom is 0.122 e. The fourth-order valence-electron chi connectivity index (χ4n) is 1.64. The fourth-order valence-corrected chi connectivity index (χ4v) is 1.64. The number of hydrogen-bond acceptors (Lipinski definition) is 3. The quantitative estimate of drug-likeness (QED) is 0.802. The molecule has 16 heavy (non-hydrogen) atoms. The molecule has 1 aromatic rings. The van der Waals surface area contributed by atoms with Crippen LogP contribution in [0.5, 0.6) is 5.75 Å². The second-order valence-electron chi connectivity index (χ2n) is 3.73. The third-order valence-electron chi connectivity index (χ3n) is 2.67. The smallest absolute Gasteiger partial charge is 0.122 e. The van der Waals surface area contributed by atoms with Crippen molar-refractivity contribution in [1.29, 1.82) is 0 Å². The van der Waals surface area contributed by atoms with E-state index in [-0.39, 0.29) is 6.04 Å². The second-order valence-corrected chi connectivity index (χ2v) is 3.73. The van der Waals surface area contributed by atoms with Crippen LogP contribution in [-0.4, -0.2) is 27.4 Å². The number of ether oxygens (including phenoxy) is 2. The van der Waals surface area contributed by atoms with Crippen LogP contribution in [0.4, 0.5) is 0 Å². The van der Waals surface area contributed by atoms with Crippen molar-refractivity contribution in [3.63, 3.8) is 0 Å². The molecular weight excluding hydrogens is 202 g/mol. The fraction of sp³-hybridized carbons (Fsp3) is 0.538. The SMILES string of the molecule is CCOCC(NC)c1ccc(C)c(OC)c1. The highest BCUT2D eigenvalue weighted by Gasteiger charge is 2.10. The number of methoxy groups -OCH3 is 1. The Bertz CT molecular complexity index is 326. The third-order valence-corrected chi connectivity index (χ3v) is 2.67. The number of aryl methyl sites for hydroxylation is 1. The van der Waals surface area contributed by atoms with Crippen LogP contribution >= 0.6 is 0 Å². The van der Waals surface area contributed by atoms with Gasteiger partial charge in [-0.25, -0.2) is 0 Å². The van der Waals surface area contributed by atoms with E-state index in [4.69, 9.17) is 9.47 Å². The van der Waals surface area contributed by atoms with Crippen LogP contribution in [0.1, 0.15) is 24.1 Å². The van der Waals surface area contributed by atoms with Gasteiger partial charge in [-0.2, -0.15) is 0 Å². The molecule has 0 aliphatic heterocycles. The lowest BCUT2D eigenvalue weighted by molar-refractivity contribution is 0.125.